The zero-order valence-electron chi connectivity index (χ0n) is 16.3. The number of nitrogens with zero attached hydrogens (tertiary/aromatic N) is 1. The molecule has 1 N–H and O–H groups in total. The molecule has 0 radical (unpaired) electrons. The highest BCUT2D eigenvalue weighted by atomic mass is 35.5. The number of hydrogen-bond donors (Lipinski definition) is 1. The number of likely N-dealkylation sites (tertiary alicyclic amines) is 1. The van der Waals surface area contributed by atoms with Crippen LogP contribution < -0.4 is 5.32 Å². The molecule has 6 nitrogen and oxygen atoms in total. The van der Waals surface area contributed by atoms with Crippen LogP contribution in [0.4, 0.5) is 0 Å². The van der Waals surface area contributed by atoms with Gasteiger partial charge in [-0.25, -0.2) is 4.79 Å². The molecule has 1 fully saturated rings. The lowest BCUT2D eigenvalue weighted by Crippen LogP contribution is -2.46. The minimum absolute atomic E-state index is 0.164. The van der Waals surface area contributed by atoms with E-state index in [9.17, 15) is 14.4 Å². The number of hydrogen-bond acceptors (Lipinski definition) is 5. The molecule has 0 saturated carbocycles. The van der Waals surface area contributed by atoms with Crippen molar-refractivity contribution in [1.29, 1.82) is 0 Å². The molecule has 28 heavy (non-hydrogen) atoms. The first-order valence-electron chi connectivity index (χ1n) is 9.44. The summed E-state index contributed by atoms with van der Waals surface area (Å²) in [5.41, 5.74) is 0.407. The second kappa shape index (κ2) is 11.3. The summed E-state index contributed by atoms with van der Waals surface area (Å²) in [7, 11) is 0. The molecule has 1 heterocycles. The SMILES string of the molecule is CSCC[C@@H](NC(=O)c1ccc(Cl)cc1)C(=O)OCC(=O)N1CCCC[C@@H]1C. The number of carbonyl (C=O) groups excluding carboxylic acids is 3. The van der Waals surface area contributed by atoms with E-state index in [0.717, 1.165) is 19.3 Å². The van der Waals surface area contributed by atoms with Crippen LogP contribution in [0.3, 0.4) is 0 Å². The number of esters is 1. The van der Waals surface area contributed by atoms with Gasteiger partial charge in [0.15, 0.2) is 6.61 Å². The molecular formula is C20H27ClN2O4S. The Morgan fingerprint density at radius 2 is 2.00 bits per heavy atom. The Labute approximate surface area is 175 Å². The number of halogens is 1. The topological polar surface area (TPSA) is 75.7 Å². The molecule has 0 aromatic heterocycles. The highest BCUT2D eigenvalue weighted by molar-refractivity contribution is 7.98. The highest BCUT2D eigenvalue weighted by Crippen LogP contribution is 2.16. The fourth-order valence-corrected chi connectivity index (χ4v) is 3.71. The van der Waals surface area contributed by atoms with Gasteiger partial charge in [-0.2, -0.15) is 11.8 Å². The summed E-state index contributed by atoms with van der Waals surface area (Å²) in [5, 5.41) is 3.23. The minimum atomic E-state index is -0.804. The van der Waals surface area contributed by atoms with Crippen LogP contribution in [0.2, 0.25) is 5.02 Å². The smallest absolute Gasteiger partial charge is 0.329 e. The van der Waals surface area contributed by atoms with E-state index in [0.29, 0.717) is 29.3 Å². The quantitative estimate of drug-likeness (QED) is 0.646. The predicted octanol–water partition coefficient (Wildman–Crippen LogP) is 3.14. The summed E-state index contributed by atoms with van der Waals surface area (Å²) in [5.74, 6) is -0.476. The maximum atomic E-state index is 12.5. The average Bonchev–Trinajstić information content (AvgIpc) is 2.69. The van der Waals surface area contributed by atoms with E-state index in [1.807, 2.05) is 13.2 Å². The molecule has 154 valence electrons. The lowest BCUT2D eigenvalue weighted by molar-refractivity contribution is -0.155. The van der Waals surface area contributed by atoms with Crippen LogP contribution in [0.25, 0.3) is 0 Å². The van der Waals surface area contributed by atoms with Gasteiger partial charge < -0.3 is 15.0 Å². The van der Waals surface area contributed by atoms with Gasteiger partial charge in [0, 0.05) is 23.2 Å². The Bertz CT molecular complexity index is 683. The second-order valence-electron chi connectivity index (χ2n) is 6.85. The zero-order valence-corrected chi connectivity index (χ0v) is 17.9. The van der Waals surface area contributed by atoms with Crippen molar-refractivity contribution in [3.8, 4) is 0 Å². The third-order valence-corrected chi connectivity index (χ3v) is 5.66. The minimum Gasteiger partial charge on any atom is -0.454 e. The molecule has 1 aromatic carbocycles. The summed E-state index contributed by atoms with van der Waals surface area (Å²) >= 11 is 7.41. The highest BCUT2D eigenvalue weighted by Gasteiger charge is 2.27. The van der Waals surface area contributed by atoms with Crippen molar-refractivity contribution in [3.63, 3.8) is 0 Å². The number of nitrogens with one attached hydrogen (secondary N) is 1. The van der Waals surface area contributed by atoms with Crippen molar-refractivity contribution in [2.45, 2.75) is 44.7 Å². The van der Waals surface area contributed by atoms with Crippen LogP contribution in [0.15, 0.2) is 24.3 Å². The van der Waals surface area contributed by atoms with Gasteiger partial charge in [0.05, 0.1) is 0 Å². The molecule has 1 saturated heterocycles. The van der Waals surface area contributed by atoms with Gasteiger partial charge in [-0.15, -0.1) is 0 Å². The zero-order chi connectivity index (χ0) is 20.5. The summed E-state index contributed by atoms with van der Waals surface area (Å²) in [6.45, 7) is 2.41. The molecule has 2 atom stereocenters. The molecule has 1 aromatic rings. The predicted molar refractivity (Wildman–Crippen MR) is 112 cm³/mol. The Balaban J connectivity index is 1.93. The van der Waals surface area contributed by atoms with Gasteiger partial charge in [0.1, 0.15) is 6.04 Å². The molecule has 1 aliphatic rings. The Kier molecular flexibility index (Phi) is 9.12. The molecule has 0 aliphatic carbocycles. The van der Waals surface area contributed by atoms with Crippen LogP contribution in [0.1, 0.15) is 43.0 Å². The fraction of sp³-hybridized carbons (Fsp3) is 0.550. The molecule has 2 rings (SSSR count). The van der Waals surface area contributed by atoms with Gasteiger partial charge in [0.2, 0.25) is 0 Å². The number of rotatable bonds is 8. The van der Waals surface area contributed by atoms with E-state index in [-0.39, 0.29) is 24.5 Å². The Morgan fingerprint density at radius 1 is 1.29 bits per heavy atom. The first-order chi connectivity index (χ1) is 13.4. The van der Waals surface area contributed by atoms with Crippen LogP contribution in [-0.4, -0.2) is 59.9 Å². The van der Waals surface area contributed by atoms with Crippen molar-refractivity contribution < 1.29 is 19.1 Å². The standard InChI is InChI=1S/C20H27ClN2O4S/c1-14-5-3-4-11-23(14)18(24)13-27-20(26)17(10-12-28-2)22-19(25)15-6-8-16(21)9-7-15/h6-9,14,17H,3-5,10-13H2,1-2H3,(H,22,25)/t14-,17+/m0/s1. The molecular weight excluding hydrogens is 400 g/mol. The molecule has 8 heteroatoms. The lowest BCUT2D eigenvalue weighted by atomic mass is 10.0. The van der Waals surface area contributed by atoms with E-state index in [1.54, 1.807) is 40.9 Å². The van der Waals surface area contributed by atoms with Crippen molar-refractivity contribution in [2.75, 3.05) is 25.2 Å². The summed E-state index contributed by atoms with van der Waals surface area (Å²) in [6.07, 6.45) is 5.39. The van der Waals surface area contributed by atoms with Crippen LogP contribution in [-0.2, 0) is 14.3 Å². The molecule has 1 aliphatic heterocycles. The van der Waals surface area contributed by atoms with Crippen LogP contribution in [0, 0.1) is 0 Å². The number of carbonyl (C=O) groups is 3. The number of ether oxygens (including phenoxy) is 1. The molecule has 0 bridgehead atoms. The van der Waals surface area contributed by atoms with Crippen LogP contribution >= 0.6 is 23.4 Å². The van der Waals surface area contributed by atoms with Crippen molar-refractivity contribution in [1.82, 2.24) is 10.2 Å². The normalized spacial score (nSPS) is 17.7. The monoisotopic (exact) mass is 426 g/mol. The van der Waals surface area contributed by atoms with E-state index in [1.165, 1.54) is 0 Å². The number of thioether (sulfide) groups is 1. The van der Waals surface area contributed by atoms with Gasteiger partial charge in [-0.1, -0.05) is 11.6 Å². The Hall–Kier alpha value is -1.73. The Morgan fingerprint density at radius 3 is 2.64 bits per heavy atom. The maximum Gasteiger partial charge on any atom is 0.329 e. The maximum absolute atomic E-state index is 12.5. The average molecular weight is 427 g/mol. The van der Waals surface area contributed by atoms with Crippen LogP contribution in [0.5, 0.6) is 0 Å². The third kappa shape index (κ3) is 6.71. The van der Waals surface area contributed by atoms with Crippen molar-refractivity contribution in [2.24, 2.45) is 0 Å². The number of amides is 2. The third-order valence-electron chi connectivity index (χ3n) is 4.77. The molecule has 2 amide bonds. The molecule has 0 spiro atoms. The van der Waals surface area contributed by atoms with Crippen molar-refractivity contribution in [3.05, 3.63) is 34.9 Å². The summed E-state index contributed by atoms with van der Waals surface area (Å²) in [6, 6.07) is 5.78. The largest absolute Gasteiger partial charge is 0.454 e. The van der Waals surface area contributed by atoms with E-state index in [2.05, 4.69) is 5.32 Å². The van der Waals surface area contributed by atoms with E-state index < -0.39 is 12.0 Å². The van der Waals surface area contributed by atoms with Gasteiger partial charge in [-0.05, 0) is 68.9 Å². The second-order valence-corrected chi connectivity index (χ2v) is 8.28. The molecule has 0 unspecified atom stereocenters. The first kappa shape index (κ1) is 22.6. The summed E-state index contributed by atoms with van der Waals surface area (Å²) < 4.78 is 5.25. The lowest BCUT2D eigenvalue weighted by Gasteiger charge is -2.33. The number of benzene rings is 1. The fourth-order valence-electron chi connectivity index (χ4n) is 3.11. The first-order valence-corrected chi connectivity index (χ1v) is 11.2. The van der Waals surface area contributed by atoms with Gasteiger partial charge >= 0.3 is 5.97 Å². The van der Waals surface area contributed by atoms with Gasteiger partial charge in [-0.3, -0.25) is 9.59 Å². The van der Waals surface area contributed by atoms with Gasteiger partial charge in [0.25, 0.3) is 11.8 Å². The number of piperidine rings is 1. The van der Waals surface area contributed by atoms with E-state index in [4.69, 9.17) is 16.3 Å². The summed E-state index contributed by atoms with van der Waals surface area (Å²) in [4.78, 5) is 39.1. The van der Waals surface area contributed by atoms with E-state index >= 15 is 0 Å². The van der Waals surface area contributed by atoms with Crippen molar-refractivity contribution >= 4 is 41.1 Å².